The summed E-state index contributed by atoms with van der Waals surface area (Å²) >= 11 is 0. The molecule has 0 radical (unpaired) electrons. The maximum atomic E-state index is 5.80. The van der Waals surface area contributed by atoms with Crippen LogP contribution in [-0.2, 0) is 13.5 Å². The molecule has 114 valence electrons. The van der Waals surface area contributed by atoms with Gasteiger partial charge in [0.2, 0.25) is 5.95 Å². The van der Waals surface area contributed by atoms with Crippen LogP contribution in [0, 0.1) is 13.8 Å². The van der Waals surface area contributed by atoms with E-state index >= 15 is 0 Å². The van der Waals surface area contributed by atoms with E-state index in [1.54, 1.807) is 0 Å². The number of nitrogens with zero attached hydrogens (tertiary/aromatic N) is 4. The van der Waals surface area contributed by atoms with Crippen LogP contribution >= 0.6 is 0 Å². The normalized spacial score (nSPS) is 11.0. The standard InChI is InChI=1S/C16H20N6/c1-10-4-6-12(7-5-10)8-9-18-14-13-15(21-16(17)20-14)22(3)11(2)19-13/h4-7H,8-9H2,1-3H3,(H3,17,18,20,21). The molecule has 6 heteroatoms. The van der Waals surface area contributed by atoms with Crippen molar-refractivity contribution < 1.29 is 0 Å². The zero-order chi connectivity index (χ0) is 15.7. The first-order valence-electron chi connectivity index (χ1n) is 7.30. The molecule has 0 bridgehead atoms. The first kappa shape index (κ1) is 14.3. The quantitative estimate of drug-likeness (QED) is 0.771. The molecule has 2 aromatic heterocycles. The van der Waals surface area contributed by atoms with Gasteiger partial charge in [-0.15, -0.1) is 0 Å². The topological polar surface area (TPSA) is 81.7 Å². The number of aryl methyl sites for hydroxylation is 3. The Morgan fingerprint density at radius 2 is 1.82 bits per heavy atom. The van der Waals surface area contributed by atoms with E-state index in [4.69, 9.17) is 5.73 Å². The highest BCUT2D eigenvalue weighted by atomic mass is 15.2. The van der Waals surface area contributed by atoms with Crippen LogP contribution in [0.1, 0.15) is 17.0 Å². The van der Waals surface area contributed by atoms with Crippen LogP contribution in [0.5, 0.6) is 0 Å². The van der Waals surface area contributed by atoms with Crippen LogP contribution in [0.3, 0.4) is 0 Å². The zero-order valence-electron chi connectivity index (χ0n) is 13.1. The van der Waals surface area contributed by atoms with Crippen molar-refractivity contribution in [1.82, 2.24) is 19.5 Å². The molecule has 0 aliphatic rings. The van der Waals surface area contributed by atoms with E-state index in [1.165, 1.54) is 11.1 Å². The molecule has 0 fully saturated rings. The molecular formula is C16H20N6. The molecule has 0 saturated carbocycles. The number of hydrogen-bond donors (Lipinski definition) is 2. The van der Waals surface area contributed by atoms with Gasteiger partial charge in [-0.05, 0) is 25.8 Å². The van der Waals surface area contributed by atoms with E-state index in [9.17, 15) is 0 Å². The first-order chi connectivity index (χ1) is 10.5. The van der Waals surface area contributed by atoms with Gasteiger partial charge in [0, 0.05) is 13.6 Å². The number of nitrogen functional groups attached to an aromatic ring is 1. The van der Waals surface area contributed by atoms with Crippen LogP contribution in [-0.4, -0.2) is 26.1 Å². The number of imidazole rings is 1. The molecule has 2 heterocycles. The summed E-state index contributed by atoms with van der Waals surface area (Å²) in [5, 5.41) is 3.33. The number of fused-ring (bicyclic) bond motifs is 1. The predicted octanol–water partition coefficient (Wildman–Crippen LogP) is 2.22. The Kier molecular flexibility index (Phi) is 3.66. The molecule has 0 atom stereocenters. The van der Waals surface area contributed by atoms with Crippen molar-refractivity contribution in [1.29, 1.82) is 0 Å². The third kappa shape index (κ3) is 2.72. The average molecular weight is 296 g/mol. The monoisotopic (exact) mass is 296 g/mol. The van der Waals surface area contributed by atoms with E-state index in [-0.39, 0.29) is 5.95 Å². The lowest BCUT2D eigenvalue weighted by Gasteiger charge is -2.07. The molecule has 6 nitrogen and oxygen atoms in total. The minimum atomic E-state index is 0.258. The van der Waals surface area contributed by atoms with E-state index in [2.05, 4.69) is 51.5 Å². The SMILES string of the molecule is Cc1ccc(CCNc2nc(N)nc3c2nc(C)n3C)cc1. The summed E-state index contributed by atoms with van der Waals surface area (Å²) in [6.07, 6.45) is 0.914. The number of benzene rings is 1. The Hall–Kier alpha value is -2.63. The molecule has 0 unspecified atom stereocenters. The Morgan fingerprint density at radius 1 is 1.09 bits per heavy atom. The molecule has 0 spiro atoms. The van der Waals surface area contributed by atoms with Crippen LogP contribution in [0.15, 0.2) is 24.3 Å². The summed E-state index contributed by atoms with van der Waals surface area (Å²) < 4.78 is 1.92. The largest absolute Gasteiger partial charge is 0.368 e. The molecule has 3 N–H and O–H groups in total. The van der Waals surface area contributed by atoms with Crippen LogP contribution in [0.4, 0.5) is 11.8 Å². The first-order valence-corrected chi connectivity index (χ1v) is 7.30. The maximum Gasteiger partial charge on any atom is 0.224 e. The maximum absolute atomic E-state index is 5.80. The van der Waals surface area contributed by atoms with Crippen molar-refractivity contribution in [3.8, 4) is 0 Å². The lowest BCUT2D eigenvalue weighted by atomic mass is 10.1. The highest BCUT2D eigenvalue weighted by Gasteiger charge is 2.12. The van der Waals surface area contributed by atoms with Crippen LogP contribution in [0.25, 0.3) is 11.2 Å². The summed E-state index contributed by atoms with van der Waals surface area (Å²) in [4.78, 5) is 13.1. The van der Waals surface area contributed by atoms with Gasteiger partial charge in [0.25, 0.3) is 0 Å². The Bertz CT molecular complexity index is 804. The highest BCUT2D eigenvalue weighted by Crippen LogP contribution is 2.20. The second kappa shape index (κ2) is 5.63. The van der Waals surface area contributed by atoms with Crippen molar-refractivity contribution in [2.24, 2.45) is 7.05 Å². The molecule has 0 aliphatic heterocycles. The second-order valence-corrected chi connectivity index (χ2v) is 5.48. The predicted molar refractivity (Wildman–Crippen MR) is 88.8 cm³/mol. The Balaban J connectivity index is 1.79. The van der Waals surface area contributed by atoms with E-state index < -0.39 is 0 Å². The van der Waals surface area contributed by atoms with Crippen molar-refractivity contribution in [2.45, 2.75) is 20.3 Å². The van der Waals surface area contributed by atoms with Crippen molar-refractivity contribution in [2.75, 3.05) is 17.6 Å². The number of nitrogens with one attached hydrogen (secondary N) is 1. The van der Waals surface area contributed by atoms with Gasteiger partial charge in [0.05, 0.1) is 0 Å². The lowest BCUT2D eigenvalue weighted by Crippen LogP contribution is -2.09. The molecule has 22 heavy (non-hydrogen) atoms. The number of anilines is 2. The molecular weight excluding hydrogens is 276 g/mol. The molecule has 0 aliphatic carbocycles. The summed E-state index contributed by atoms with van der Waals surface area (Å²) in [7, 11) is 1.92. The summed E-state index contributed by atoms with van der Waals surface area (Å²) in [6, 6.07) is 8.54. The molecule has 0 saturated heterocycles. The minimum absolute atomic E-state index is 0.258. The zero-order valence-corrected chi connectivity index (χ0v) is 13.1. The van der Waals surface area contributed by atoms with Crippen molar-refractivity contribution in [3.63, 3.8) is 0 Å². The van der Waals surface area contributed by atoms with Gasteiger partial charge < -0.3 is 15.6 Å². The average Bonchev–Trinajstić information content (AvgIpc) is 2.77. The highest BCUT2D eigenvalue weighted by molar-refractivity contribution is 5.84. The summed E-state index contributed by atoms with van der Waals surface area (Å²) in [5.41, 5.74) is 9.87. The van der Waals surface area contributed by atoms with Gasteiger partial charge in [-0.1, -0.05) is 29.8 Å². The number of hydrogen-bond acceptors (Lipinski definition) is 5. The molecule has 3 rings (SSSR count). The fraction of sp³-hybridized carbons (Fsp3) is 0.312. The minimum Gasteiger partial charge on any atom is -0.368 e. The second-order valence-electron chi connectivity index (χ2n) is 5.48. The Labute approximate surface area is 129 Å². The van der Waals surface area contributed by atoms with Crippen molar-refractivity contribution >= 4 is 22.9 Å². The van der Waals surface area contributed by atoms with Gasteiger partial charge in [-0.3, -0.25) is 0 Å². The fourth-order valence-electron chi connectivity index (χ4n) is 2.39. The van der Waals surface area contributed by atoms with Crippen LogP contribution in [0.2, 0.25) is 0 Å². The third-order valence-electron chi connectivity index (χ3n) is 3.79. The van der Waals surface area contributed by atoms with Gasteiger partial charge >= 0.3 is 0 Å². The van der Waals surface area contributed by atoms with E-state index in [0.717, 1.165) is 30.0 Å². The van der Waals surface area contributed by atoms with Crippen LogP contribution < -0.4 is 11.1 Å². The smallest absolute Gasteiger partial charge is 0.224 e. The lowest BCUT2D eigenvalue weighted by molar-refractivity contribution is 0.873. The van der Waals surface area contributed by atoms with Gasteiger partial charge in [0.1, 0.15) is 5.82 Å². The van der Waals surface area contributed by atoms with Gasteiger partial charge in [0.15, 0.2) is 17.0 Å². The summed E-state index contributed by atoms with van der Waals surface area (Å²) in [5.74, 6) is 1.84. The van der Waals surface area contributed by atoms with E-state index in [1.807, 2.05) is 18.5 Å². The molecule has 1 aromatic carbocycles. The van der Waals surface area contributed by atoms with Gasteiger partial charge in [-0.2, -0.15) is 9.97 Å². The number of aromatic nitrogens is 4. The number of nitrogens with two attached hydrogens (primary N) is 1. The molecule has 3 aromatic rings. The Morgan fingerprint density at radius 3 is 2.55 bits per heavy atom. The molecule has 0 amide bonds. The van der Waals surface area contributed by atoms with E-state index in [0.29, 0.717) is 5.82 Å². The third-order valence-corrected chi connectivity index (χ3v) is 3.79. The van der Waals surface area contributed by atoms with Gasteiger partial charge in [-0.25, -0.2) is 4.98 Å². The number of rotatable bonds is 4. The summed E-state index contributed by atoms with van der Waals surface area (Å²) in [6.45, 7) is 4.80. The fourth-order valence-corrected chi connectivity index (χ4v) is 2.39. The van der Waals surface area contributed by atoms with Crippen molar-refractivity contribution in [3.05, 3.63) is 41.2 Å².